The number of hydrogen-bond donors (Lipinski definition) is 1. The lowest BCUT2D eigenvalue weighted by atomic mass is 10.3. The van der Waals surface area contributed by atoms with Gasteiger partial charge in [0.25, 0.3) is 10.0 Å². The molecule has 0 saturated carbocycles. The van der Waals surface area contributed by atoms with Gasteiger partial charge in [-0.05, 0) is 53.2 Å². The van der Waals surface area contributed by atoms with Gasteiger partial charge in [0.15, 0.2) is 0 Å². The van der Waals surface area contributed by atoms with Crippen LogP contribution in [0.15, 0.2) is 51.8 Å². The monoisotopic (exact) mass is 372 g/mol. The SMILES string of the molecule is CCN(c1ccccc1F)S(=O)(=O)c1ccc(N)cc1Br. The van der Waals surface area contributed by atoms with Crippen LogP contribution in [0.1, 0.15) is 6.92 Å². The molecule has 0 aliphatic carbocycles. The topological polar surface area (TPSA) is 63.4 Å². The van der Waals surface area contributed by atoms with Crippen LogP contribution >= 0.6 is 15.9 Å². The summed E-state index contributed by atoms with van der Waals surface area (Å²) in [5.74, 6) is -0.588. The fourth-order valence-corrected chi connectivity index (χ4v) is 4.51. The molecule has 4 nitrogen and oxygen atoms in total. The van der Waals surface area contributed by atoms with E-state index < -0.39 is 15.8 Å². The lowest BCUT2D eigenvalue weighted by Gasteiger charge is -2.24. The lowest BCUT2D eigenvalue weighted by Crippen LogP contribution is -2.31. The number of nitrogen functional groups attached to an aromatic ring is 1. The van der Waals surface area contributed by atoms with E-state index in [1.165, 1.54) is 36.4 Å². The maximum Gasteiger partial charge on any atom is 0.265 e. The number of para-hydroxylation sites is 1. The van der Waals surface area contributed by atoms with Crippen molar-refractivity contribution in [3.05, 3.63) is 52.8 Å². The van der Waals surface area contributed by atoms with Crippen LogP contribution in [0.3, 0.4) is 0 Å². The first kappa shape index (κ1) is 15.8. The highest BCUT2D eigenvalue weighted by atomic mass is 79.9. The van der Waals surface area contributed by atoms with Crippen LogP contribution in [0.5, 0.6) is 0 Å². The number of anilines is 2. The fraction of sp³-hybridized carbons (Fsp3) is 0.143. The van der Waals surface area contributed by atoms with Gasteiger partial charge in [0.2, 0.25) is 0 Å². The van der Waals surface area contributed by atoms with E-state index >= 15 is 0 Å². The number of rotatable bonds is 4. The molecule has 0 bridgehead atoms. The fourth-order valence-electron chi connectivity index (χ4n) is 1.97. The molecule has 0 fully saturated rings. The molecule has 2 N–H and O–H groups in total. The standard InChI is InChI=1S/C14H14BrFN2O2S/c1-2-18(13-6-4-3-5-12(13)16)21(19,20)14-8-7-10(17)9-11(14)15/h3-9H,2,17H2,1H3. The minimum Gasteiger partial charge on any atom is -0.399 e. The third-order valence-corrected chi connectivity index (χ3v) is 5.80. The van der Waals surface area contributed by atoms with Gasteiger partial charge in [0.05, 0.1) is 5.69 Å². The minimum absolute atomic E-state index is 0.0173. The molecule has 0 aromatic heterocycles. The van der Waals surface area contributed by atoms with Crippen molar-refractivity contribution in [3.8, 4) is 0 Å². The van der Waals surface area contributed by atoms with E-state index in [0.29, 0.717) is 10.2 Å². The summed E-state index contributed by atoms with van der Waals surface area (Å²) < 4.78 is 40.7. The van der Waals surface area contributed by atoms with Gasteiger partial charge in [-0.1, -0.05) is 12.1 Å². The summed E-state index contributed by atoms with van der Waals surface area (Å²) in [6.07, 6.45) is 0. The molecule has 0 unspecified atom stereocenters. The molecule has 21 heavy (non-hydrogen) atoms. The first-order chi connectivity index (χ1) is 9.87. The summed E-state index contributed by atoms with van der Waals surface area (Å²) >= 11 is 3.19. The Morgan fingerprint density at radius 1 is 1.24 bits per heavy atom. The van der Waals surface area contributed by atoms with Gasteiger partial charge in [-0.15, -0.1) is 0 Å². The molecule has 0 spiro atoms. The third kappa shape index (κ3) is 3.03. The summed E-state index contributed by atoms with van der Waals surface area (Å²) in [6, 6.07) is 10.2. The van der Waals surface area contributed by atoms with Crippen LogP contribution < -0.4 is 10.0 Å². The average molecular weight is 373 g/mol. The van der Waals surface area contributed by atoms with Crippen LogP contribution in [0.2, 0.25) is 0 Å². The Bertz CT molecular complexity index is 765. The molecule has 0 amide bonds. The van der Waals surface area contributed by atoms with Crippen molar-refractivity contribution >= 4 is 37.3 Å². The lowest BCUT2D eigenvalue weighted by molar-refractivity contribution is 0.586. The molecule has 0 aliphatic rings. The first-order valence-electron chi connectivity index (χ1n) is 6.20. The van der Waals surface area contributed by atoms with Gasteiger partial charge < -0.3 is 5.73 Å². The zero-order chi connectivity index (χ0) is 15.6. The van der Waals surface area contributed by atoms with E-state index in [-0.39, 0.29) is 17.1 Å². The van der Waals surface area contributed by atoms with Crippen molar-refractivity contribution < 1.29 is 12.8 Å². The summed E-state index contributed by atoms with van der Waals surface area (Å²) in [4.78, 5) is 0.0433. The molecule has 2 aromatic carbocycles. The first-order valence-corrected chi connectivity index (χ1v) is 8.43. The van der Waals surface area contributed by atoms with Gasteiger partial charge in [0.1, 0.15) is 10.7 Å². The number of nitrogens with zero attached hydrogens (tertiary/aromatic N) is 1. The third-order valence-electron chi connectivity index (χ3n) is 2.93. The minimum atomic E-state index is -3.88. The number of sulfonamides is 1. The van der Waals surface area contributed by atoms with Gasteiger partial charge in [-0.2, -0.15) is 0 Å². The highest BCUT2D eigenvalue weighted by molar-refractivity contribution is 9.10. The molecule has 0 aliphatic heterocycles. The highest BCUT2D eigenvalue weighted by Crippen LogP contribution is 2.31. The van der Waals surface area contributed by atoms with Crippen LogP contribution in [0, 0.1) is 5.82 Å². The van der Waals surface area contributed by atoms with Crippen LogP contribution in [-0.4, -0.2) is 15.0 Å². The smallest absolute Gasteiger partial charge is 0.265 e. The molecule has 2 aromatic rings. The maximum atomic E-state index is 13.9. The number of halogens is 2. The Hall–Kier alpha value is -1.60. The summed E-state index contributed by atoms with van der Waals surface area (Å²) in [5.41, 5.74) is 6.07. The Morgan fingerprint density at radius 3 is 2.48 bits per heavy atom. The van der Waals surface area contributed by atoms with Crippen molar-refractivity contribution in [3.63, 3.8) is 0 Å². The largest absolute Gasteiger partial charge is 0.399 e. The average Bonchev–Trinajstić information content (AvgIpc) is 2.41. The Morgan fingerprint density at radius 2 is 1.90 bits per heavy atom. The molecular weight excluding hydrogens is 359 g/mol. The van der Waals surface area contributed by atoms with Crippen molar-refractivity contribution in [1.29, 1.82) is 0 Å². The van der Waals surface area contributed by atoms with Crippen LogP contribution in [0.25, 0.3) is 0 Å². The molecule has 7 heteroatoms. The second-order valence-electron chi connectivity index (χ2n) is 4.31. The summed E-state index contributed by atoms with van der Waals surface area (Å²) in [7, 11) is -3.88. The zero-order valence-corrected chi connectivity index (χ0v) is 13.7. The Kier molecular flexibility index (Phi) is 4.53. The molecule has 0 radical (unpaired) electrons. The Balaban J connectivity index is 2.58. The molecular formula is C14H14BrFN2O2S. The molecule has 0 atom stereocenters. The zero-order valence-electron chi connectivity index (χ0n) is 11.3. The summed E-state index contributed by atoms with van der Waals surface area (Å²) in [5, 5.41) is 0. The number of benzene rings is 2. The highest BCUT2D eigenvalue weighted by Gasteiger charge is 2.27. The van der Waals surface area contributed by atoms with E-state index in [0.717, 1.165) is 4.31 Å². The molecule has 0 saturated heterocycles. The van der Waals surface area contributed by atoms with E-state index in [1.807, 2.05) is 0 Å². The van der Waals surface area contributed by atoms with Crippen molar-refractivity contribution in [1.82, 2.24) is 0 Å². The van der Waals surface area contributed by atoms with E-state index in [2.05, 4.69) is 15.9 Å². The predicted molar refractivity (Wildman–Crippen MR) is 85.2 cm³/mol. The number of hydrogen-bond acceptors (Lipinski definition) is 3. The quantitative estimate of drug-likeness (QED) is 0.836. The normalized spacial score (nSPS) is 11.4. The molecule has 2 rings (SSSR count). The maximum absolute atomic E-state index is 13.9. The summed E-state index contributed by atoms with van der Waals surface area (Å²) in [6.45, 7) is 1.76. The van der Waals surface area contributed by atoms with E-state index in [1.54, 1.807) is 13.0 Å². The van der Waals surface area contributed by atoms with Crippen molar-refractivity contribution in [2.75, 3.05) is 16.6 Å². The molecule has 0 heterocycles. The van der Waals surface area contributed by atoms with Crippen molar-refractivity contribution in [2.45, 2.75) is 11.8 Å². The van der Waals surface area contributed by atoms with Crippen LogP contribution in [-0.2, 0) is 10.0 Å². The van der Waals surface area contributed by atoms with Gasteiger partial charge in [-0.25, -0.2) is 12.8 Å². The number of nitrogens with two attached hydrogens (primary N) is 1. The Labute approximate surface area is 131 Å². The second-order valence-corrected chi connectivity index (χ2v) is 7.00. The van der Waals surface area contributed by atoms with Crippen LogP contribution in [0.4, 0.5) is 15.8 Å². The van der Waals surface area contributed by atoms with Gasteiger partial charge in [-0.3, -0.25) is 4.31 Å². The van der Waals surface area contributed by atoms with Gasteiger partial charge in [0, 0.05) is 16.7 Å². The predicted octanol–water partition coefficient (Wildman–Crippen LogP) is 3.39. The van der Waals surface area contributed by atoms with Crippen molar-refractivity contribution in [2.24, 2.45) is 0 Å². The second kappa shape index (κ2) is 6.03. The van der Waals surface area contributed by atoms with E-state index in [4.69, 9.17) is 5.73 Å². The van der Waals surface area contributed by atoms with E-state index in [9.17, 15) is 12.8 Å². The van der Waals surface area contributed by atoms with Gasteiger partial charge >= 0.3 is 0 Å². The molecule has 112 valence electrons.